The second-order valence-electron chi connectivity index (χ2n) is 8.72. The highest BCUT2D eigenvalue weighted by atomic mass is 16.1. The molecular weight excluding hydrogens is 320 g/mol. The summed E-state index contributed by atoms with van der Waals surface area (Å²) in [5, 5.41) is 2.47. The second kappa shape index (κ2) is 4.25. The van der Waals surface area contributed by atoms with E-state index < -0.39 is 0 Å². The van der Waals surface area contributed by atoms with Crippen molar-refractivity contribution >= 4 is 22.3 Å². The molecule has 7 rings (SSSR count). The van der Waals surface area contributed by atoms with Gasteiger partial charge in [-0.1, -0.05) is 48.6 Å². The zero-order chi connectivity index (χ0) is 17.2. The summed E-state index contributed by atoms with van der Waals surface area (Å²) < 4.78 is 0. The maximum Gasteiger partial charge on any atom is 0.164 e. The average molecular weight is 338 g/mol. The molecular formula is C24H18O2. The molecule has 1 saturated carbocycles. The number of ketones is 2. The fraction of sp³-hybridized carbons (Fsp3) is 0.333. The van der Waals surface area contributed by atoms with E-state index in [-0.39, 0.29) is 23.7 Å². The molecule has 0 unspecified atom stereocenters. The highest BCUT2D eigenvalue weighted by Gasteiger charge is 2.60. The van der Waals surface area contributed by atoms with Crippen molar-refractivity contribution in [3.05, 3.63) is 70.8 Å². The van der Waals surface area contributed by atoms with Crippen LogP contribution in [-0.2, 0) is 9.59 Å². The van der Waals surface area contributed by atoms with E-state index in [1.807, 2.05) is 0 Å². The van der Waals surface area contributed by atoms with Crippen LogP contribution >= 0.6 is 0 Å². The van der Waals surface area contributed by atoms with Crippen molar-refractivity contribution < 1.29 is 9.59 Å². The number of benzene rings is 2. The molecule has 5 aliphatic rings. The third kappa shape index (κ3) is 1.36. The third-order valence-electron chi connectivity index (χ3n) is 7.76. The fourth-order valence-corrected chi connectivity index (χ4v) is 6.80. The minimum Gasteiger partial charge on any atom is -0.294 e. The van der Waals surface area contributed by atoms with E-state index in [1.54, 1.807) is 0 Å². The van der Waals surface area contributed by atoms with E-state index in [9.17, 15) is 9.59 Å². The molecule has 2 heteroatoms. The Bertz CT molecular complexity index is 1030. The van der Waals surface area contributed by atoms with Gasteiger partial charge in [-0.05, 0) is 46.6 Å². The first-order valence-electron chi connectivity index (χ1n) is 9.76. The highest BCUT2D eigenvalue weighted by molar-refractivity contribution is 6.18. The van der Waals surface area contributed by atoms with E-state index in [4.69, 9.17) is 0 Å². The Hall–Kier alpha value is -2.48. The Morgan fingerprint density at radius 1 is 0.692 bits per heavy atom. The molecule has 0 aromatic heterocycles. The molecule has 26 heavy (non-hydrogen) atoms. The molecule has 0 spiro atoms. The summed E-state index contributed by atoms with van der Waals surface area (Å²) in [6, 6.07) is 12.9. The fourth-order valence-electron chi connectivity index (χ4n) is 6.80. The van der Waals surface area contributed by atoms with Crippen LogP contribution in [0.15, 0.2) is 59.7 Å². The summed E-state index contributed by atoms with van der Waals surface area (Å²) in [5.74, 6) is 1.35. The van der Waals surface area contributed by atoms with Gasteiger partial charge in [0.2, 0.25) is 0 Å². The molecule has 0 amide bonds. The molecule has 1 fully saturated rings. The van der Waals surface area contributed by atoms with Crippen molar-refractivity contribution in [3.63, 3.8) is 0 Å². The zero-order valence-electron chi connectivity index (χ0n) is 14.3. The normalized spacial score (nSPS) is 38.3. The Morgan fingerprint density at radius 3 is 1.69 bits per heavy atom. The Balaban J connectivity index is 1.44. The molecule has 2 nitrogen and oxygen atoms in total. The monoisotopic (exact) mass is 338 g/mol. The SMILES string of the molecule is O=C1C2=C(C(=O)[C@H]3[C@@H]1[C@H]1C=C[C@@H]3C1)[C@H]1C[C@@H]2c2cc3ccccc3cc21. The van der Waals surface area contributed by atoms with Gasteiger partial charge < -0.3 is 0 Å². The molecule has 0 radical (unpaired) electrons. The Kier molecular flexibility index (Phi) is 2.24. The van der Waals surface area contributed by atoms with Crippen LogP contribution in [0.2, 0.25) is 0 Å². The summed E-state index contributed by atoms with van der Waals surface area (Å²) in [4.78, 5) is 26.9. The number of Topliss-reactive ketones (excluding diaryl/α,β-unsaturated/α-hetero) is 2. The average Bonchev–Trinajstić information content (AvgIpc) is 3.42. The van der Waals surface area contributed by atoms with Gasteiger partial charge in [0.25, 0.3) is 0 Å². The molecule has 0 heterocycles. The van der Waals surface area contributed by atoms with E-state index >= 15 is 0 Å². The highest BCUT2D eigenvalue weighted by Crippen LogP contribution is 2.63. The van der Waals surface area contributed by atoms with E-state index in [2.05, 4.69) is 48.6 Å². The van der Waals surface area contributed by atoms with Crippen LogP contribution in [0.4, 0.5) is 0 Å². The Morgan fingerprint density at radius 2 is 1.19 bits per heavy atom. The van der Waals surface area contributed by atoms with Gasteiger partial charge in [-0.15, -0.1) is 0 Å². The van der Waals surface area contributed by atoms with E-state index in [0.717, 1.165) is 24.0 Å². The van der Waals surface area contributed by atoms with Crippen molar-refractivity contribution in [1.29, 1.82) is 0 Å². The first-order chi connectivity index (χ1) is 12.7. The number of hydrogen-bond acceptors (Lipinski definition) is 2. The summed E-state index contributed by atoms with van der Waals surface area (Å²) in [7, 11) is 0. The molecule has 4 bridgehead atoms. The number of fused-ring (bicyclic) bond motifs is 13. The Labute approximate surface area is 151 Å². The molecule has 5 aliphatic carbocycles. The maximum absolute atomic E-state index is 13.4. The zero-order valence-corrected chi connectivity index (χ0v) is 14.3. The molecule has 2 aromatic carbocycles. The summed E-state index contributed by atoms with van der Waals surface area (Å²) >= 11 is 0. The van der Waals surface area contributed by atoms with Gasteiger partial charge in [0.1, 0.15) is 0 Å². The van der Waals surface area contributed by atoms with E-state index in [1.165, 1.54) is 21.9 Å². The minimum atomic E-state index is -0.0699. The summed E-state index contributed by atoms with van der Waals surface area (Å²) in [6.45, 7) is 0. The van der Waals surface area contributed by atoms with Gasteiger partial charge in [0, 0.05) is 34.8 Å². The van der Waals surface area contributed by atoms with Crippen LogP contribution in [-0.4, -0.2) is 11.6 Å². The molecule has 0 saturated heterocycles. The van der Waals surface area contributed by atoms with Crippen molar-refractivity contribution in [2.75, 3.05) is 0 Å². The lowest BCUT2D eigenvalue weighted by Crippen LogP contribution is -2.41. The van der Waals surface area contributed by atoms with Gasteiger partial charge in [-0.25, -0.2) is 0 Å². The van der Waals surface area contributed by atoms with Crippen molar-refractivity contribution in [2.24, 2.45) is 23.7 Å². The lowest BCUT2D eigenvalue weighted by molar-refractivity contribution is -0.131. The third-order valence-corrected chi connectivity index (χ3v) is 7.76. The first-order valence-corrected chi connectivity index (χ1v) is 9.76. The number of carbonyl (C=O) groups is 2. The van der Waals surface area contributed by atoms with Crippen LogP contribution in [0.1, 0.15) is 35.8 Å². The molecule has 2 aromatic rings. The minimum absolute atomic E-state index is 0.0699. The maximum atomic E-state index is 13.4. The standard InChI is InChI=1S/C24H18O2/c25-23-19-13-5-6-14(7-13)20(19)24(26)22-18-10-17(21(22)23)15-8-11-3-1-2-4-12(11)9-16(15)18/h1-6,8-9,13-14,17-20H,7,10H2/t13-,14+,17+,18-,19-,20+. The summed E-state index contributed by atoms with van der Waals surface area (Å²) in [6.07, 6.45) is 6.31. The van der Waals surface area contributed by atoms with Gasteiger partial charge in [0.15, 0.2) is 11.6 Å². The van der Waals surface area contributed by atoms with Crippen LogP contribution in [0.25, 0.3) is 10.8 Å². The quantitative estimate of drug-likeness (QED) is 0.671. The lowest BCUT2D eigenvalue weighted by atomic mass is 9.65. The predicted molar refractivity (Wildman–Crippen MR) is 98.8 cm³/mol. The number of carbonyl (C=O) groups excluding carboxylic acids is 2. The molecule has 6 atom stereocenters. The van der Waals surface area contributed by atoms with Crippen LogP contribution in [0, 0.1) is 23.7 Å². The van der Waals surface area contributed by atoms with Crippen molar-refractivity contribution in [3.8, 4) is 0 Å². The second-order valence-corrected chi connectivity index (χ2v) is 8.72. The smallest absolute Gasteiger partial charge is 0.164 e. The van der Waals surface area contributed by atoms with Crippen LogP contribution < -0.4 is 0 Å². The van der Waals surface area contributed by atoms with Crippen molar-refractivity contribution in [2.45, 2.75) is 24.7 Å². The van der Waals surface area contributed by atoms with Crippen LogP contribution in [0.5, 0.6) is 0 Å². The van der Waals surface area contributed by atoms with Crippen molar-refractivity contribution in [1.82, 2.24) is 0 Å². The predicted octanol–water partition coefficient (Wildman–Crippen LogP) is 4.31. The number of rotatable bonds is 0. The van der Waals surface area contributed by atoms with Gasteiger partial charge in [-0.3, -0.25) is 9.59 Å². The molecule has 0 N–H and O–H groups in total. The molecule has 126 valence electrons. The number of hydrogen-bond donors (Lipinski definition) is 0. The molecule has 0 aliphatic heterocycles. The first kappa shape index (κ1) is 13.7. The van der Waals surface area contributed by atoms with Gasteiger partial charge in [-0.2, -0.15) is 0 Å². The van der Waals surface area contributed by atoms with Gasteiger partial charge in [0.05, 0.1) is 0 Å². The summed E-state index contributed by atoms with van der Waals surface area (Å²) in [5.41, 5.74) is 4.38. The van der Waals surface area contributed by atoms with E-state index in [0.29, 0.717) is 23.4 Å². The number of allylic oxidation sites excluding steroid dienone is 4. The van der Waals surface area contributed by atoms with Gasteiger partial charge >= 0.3 is 0 Å². The largest absolute Gasteiger partial charge is 0.294 e. The topological polar surface area (TPSA) is 34.1 Å². The van der Waals surface area contributed by atoms with Crippen LogP contribution in [0.3, 0.4) is 0 Å². The lowest BCUT2D eigenvalue weighted by Gasteiger charge is -2.35.